The predicted molar refractivity (Wildman–Crippen MR) is 71.7 cm³/mol. The average molecular weight is 242 g/mol. The number of carbonyl (C=O) groups excluding carboxylic acids is 1. The Morgan fingerprint density at radius 1 is 1.28 bits per heavy atom. The summed E-state index contributed by atoms with van der Waals surface area (Å²) in [6.45, 7) is 0. The van der Waals surface area contributed by atoms with Crippen LogP contribution in [0.5, 0.6) is 0 Å². The molecule has 1 N–H and O–H groups in total. The first-order chi connectivity index (χ1) is 8.58. The molecule has 0 aliphatic heterocycles. The summed E-state index contributed by atoms with van der Waals surface area (Å²) in [5, 5.41) is 0.846. The van der Waals surface area contributed by atoms with E-state index in [1.807, 2.05) is 32.3 Å². The van der Waals surface area contributed by atoms with Gasteiger partial charge in [-0.3, -0.25) is 9.59 Å². The minimum absolute atomic E-state index is 0.159. The van der Waals surface area contributed by atoms with E-state index in [-0.39, 0.29) is 16.9 Å². The van der Waals surface area contributed by atoms with Gasteiger partial charge in [0.25, 0.3) is 5.56 Å². The summed E-state index contributed by atoms with van der Waals surface area (Å²) in [6.07, 6.45) is 3.01. The van der Waals surface area contributed by atoms with Gasteiger partial charge < -0.3 is 9.88 Å². The normalized spacial score (nSPS) is 11.0. The van der Waals surface area contributed by atoms with Gasteiger partial charge in [-0.05, 0) is 17.5 Å². The van der Waals surface area contributed by atoms with Gasteiger partial charge in [0.2, 0.25) is 0 Å². The van der Waals surface area contributed by atoms with Crippen molar-refractivity contribution in [3.63, 3.8) is 0 Å². The molecule has 2 rings (SSSR count). The second kappa shape index (κ2) is 4.87. The van der Waals surface area contributed by atoms with Gasteiger partial charge in [0.15, 0.2) is 5.78 Å². The first-order valence-electron chi connectivity index (χ1n) is 5.59. The van der Waals surface area contributed by atoms with Crippen molar-refractivity contribution in [2.75, 3.05) is 14.1 Å². The Labute approximate surface area is 105 Å². The molecule has 0 spiro atoms. The summed E-state index contributed by atoms with van der Waals surface area (Å²) < 4.78 is 0. The van der Waals surface area contributed by atoms with Crippen LogP contribution in [0.3, 0.4) is 0 Å². The minimum atomic E-state index is -0.359. The first kappa shape index (κ1) is 12.1. The Kier molecular flexibility index (Phi) is 3.28. The number of para-hydroxylation sites is 1. The Morgan fingerprint density at radius 2 is 2.00 bits per heavy atom. The molecule has 0 aliphatic carbocycles. The van der Waals surface area contributed by atoms with Crippen LogP contribution in [0.25, 0.3) is 10.9 Å². The number of hydrogen-bond donors (Lipinski definition) is 1. The highest BCUT2D eigenvalue weighted by molar-refractivity contribution is 6.05. The van der Waals surface area contributed by atoms with Crippen molar-refractivity contribution in [2.24, 2.45) is 0 Å². The number of fused-ring (bicyclic) bond motifs is 1. The Morgan fingerprint density at radius 3 is 2.72 bits per heavy atom. The maximum Gasteiger partial charge on any atom is 0.259 e. The molecule has 0 unspecified atom stereocenters. The molecule has 4 heteroatoms. The summed E-state index contributed by atoms with van der Waals surface area (Å²) in [6, 6.07) is 8.99. The number of ketones is 1. The number of rotatable bonds is 3. The summed E-state index contributed by atoms with van der Waals surface area (Å²) in [7, 11) is 3.63. The number of nitrogens with zero attached hydrogens (tertiary/aromatic N) is 1. The highest BCUT2D eigenvalue weighted by Crippen LogP contribution is 2.10. The Hall–Kier alpha value is -2.36. The number of allylic oxidation sites excluding steroid dienone is 1. The highest BCUT2D eigenvalue weighted by atomic mass is 16.1. The van der Waals surface area contributed by atoms with Crippen LogP contribution in [0.15, 0.2) is 47.4 Å². The quantitative estimate of drug-likeness (QED) is 0.659. The SMILES string of the molecule is CN(C)C=CC(=O)c1cc2ccccc2[nH]c1=O. The van der Waals surface area contributed by atoms with Gasteiger partial charge >= 0.3 is 0 Å². The van der Waals surface area contributed by atoms with Crippen LogP contribution in [0.4, 0.5) is 0 Å². The van der Waals surface area contributed by atoms with Crippen molar-refractivity contribution in [3.8, 4) is 0 Å². The van der Waals surface area contributed by atoms with E-state index in [2.05, 4.69) is 4.98 Å². The molecule has 0 atom stereocenters. The number of carbonyl (C=O) groups is 1. The molecule has 0 fully saturated rings. The van der Waals surface area contributed by atoms with E-state index in [0.29, 0.717) is 0 Å². The summed E-state index contributed by atoms with van der Waals surface area (Å²) in [4.78, 5) is 28.1. The number of pyridine rings is 1. The second-order valence-electron chi connectivity index (χ2n) is 4.24. The molecule has 18 heavy (non-hydrogen) atoms. The van der Waals surface area contributed by atoms with Crippen LogP contribution in [-0.4, -0.2) is 29.8 Å². The van der Waals surface area contributed by atoms with Crippen LogP contribution < -0.4 is 5.56 Å². The zero-order valence-corrected chi connectivity index (χ0v) is 10.3. The van der Waals surface area contributed by atoms with E-state index in [1.54, 1.807) is 23.2 Å². The number of aromatic amines is 1. The summed E-state index contributed by atoms with van der Waals surface area (Å²) in [5.41, 5.74) is 0.532. The van der Waals surface area contributed by atoms with E-state index in [4.69, 9.17) is 0 Å². The lowest BCUT2D eigenvalue weighted by molar-refractivity contribution is 0.104. The number of hydrogen-bond acceptors (Lipinski definition) is 3. The maximum absolute atomic E-state index is 11.9. The summed E-state index contributed by atoms with van der Waals surface area (Å²) >= 11 is 0. The molecule has 0 amide bonds. The number of benzene rings is 1. The smallest absolute Gasteiger partial charge is 0.259 e. The lowest BCUT2D eigenvalue weighted by atomic mass is 10.1. The second-order valence-corrected chi connectivity index (χ2v) is 4.24. The van der Waals surface area contributed by atoms with Gasteiger partial charge in [-0.25, -0.2) is 0 Å². The third kappa shape index (κ3) is 2.48. The van der Waals surface area contributed by atoms with E-state index >= 15 is 0 Å². The molecule has 0 saturated heterocycles. The highest BCUT2D eigenvalue weighted by Gasteiger charge is 2.08. The molecule has 0 saturated carbocycles. The van der Waals surface area contributed by atoms with Crippen molar-refractivity contribution in [1.82, 2.24) is 9.88 Å². The van der Waals surface area contributed by atoms with Gasteiger partial charge in [0, 0.05) is 31.9 Å². The van der Waals surface area contributed by atoms with Crippen molar-refractivity contribution >= 4 is 16.7 Å². The molecule has 92 valence electrons. The van der Waals surface area contributed by atoms with Crippen molar-refractivity contribution < 1.29 is 4.79 Å². The lowest BCUT2D eigenvalue weighted by Crippen LogP contribution is -2.16. The monoisotopic (exact) mass is 242 g/mol. The molecule has 2 aromatic rings. The molecule has 0 bridgehead atoms. The molecule has 1 aromatic heterocycles. The van der Waals surface area contributed by atoms with Crippen molar-refractivity contribution in [1.29, 1.82) is 0 Å². The van der Waals surface area contributed by atoms with E-state index in [0.717, 1.165) is 10.9 Å². The number of nitrogens with one attached hydrogen (secondary N) is 1. The van der Waals surface area contributed by atoms with Gasteiger partial charge in [0.1, 0.15) is 0 Å². The zero-order valence-electron chi connectivity index (χ0n) is 10.3. The molecule has 0 radical (unpaired) electrons. The van der Waals surface area contributed by atoms with Crippen LogP contribution in [0, 0.1) is 0 Å². The zero-order chi connectivity index (χ0) is 13.1. The van der Waals surface area contributed by atoms with Gasteiger partial charge in [-0.1, -0.05) is 18.2 Å². The molecule has 1 aromatic carbocycles. The predicted octanol–water partition coefficient (Wildman–Crippen LogP) is 1.79. The fourth-order valence-corrected chi connectivity index (χ4v) is 1.64. The topological polar surface area (TPSA) is 53.2 Å². The van der Waals surface area contributed by atoms with Crippen molar-refractivity contribution in [3.05, 3.63) is 58.5 Å². The Balaban J connectivity index is 2.48. The van der Waals surface area contributed by atoms with Gasteiger partial charge in [-0.2, -0.15) is 0 Å². The first-order valence-corrected chi connectivity index (χ1v) is 5.59. The standard InChI is InChI=1S/C14H14N2O2/c1-16(2)8-7-13(17)11-9-10-5-3-4-6-12(10)15-14(11)18/h3-9H,1-2H3,(H,15,18). The van der Waals surface area contributed by atoms with Crippen LogP contribution in [0.2, 0.25) is 0 Å². The fourth-order valence-electron chi connectivity index (χ4n) is 1.64. The van der Waals surface area contributed by atoms with Crippen LogP contribution >= 0.6 is 0 Å². The third-order valence-corrected chi connectivity index (χ3v) is 2.54. The minimum Gasteiger partial charge on any atom is -0.383 e. The third-order valence-electron chi connectivity index (χ3n) is 2.54. The largest absolute Gasteiger partial charge is 0.383 e. The molecule has 1 heterocycles. The molecule has 0 aliphatic rings. The molecular weight excluding hydrogens is 228 g/mol. The molecular formula is C14H14N2O2. The van der Waals surface area contributed by atoms with E-state index in [1.165, 1.54) is 6.08 Å². The fraction of sp³-hybridized carbons (Fsp3) is 0.143. The number of H-pyrrole nitrogens is 1. The van der Waals surface area contributed by atoms with Crippen LogP contribution in [0.1, 0.15) is 10.4 Å². The lowest BCUT2D eigenvalue weighted by Gasteiger charge is -2.03. The molecule has 4 nitrogen and oxygen atoms in total. The van der Waals surface area contributed by atoms with Gasteiger partial charge in [-0.15, -0.1) is 0 Å². The van der Waals surface area contributed by atoms with Crippen molar-refractivity contribution in [2.45, 2.75) is 0 Å². The van der Waals surface area contributed by atoms with E-state index < -0.39 is 0 Å². The summed E-state index contributed by atoms with van der Waals surface area (Å²) in [5.74, 6) is -0.296. The van der Waals surface area contributed by atoms with Gasteiger partial charge in [0.05, 0.1) is 5.56 Å². The van der Waals surface area contributed by atoms with Crippen LogP contribution in [-0.2, 0) is 0 Å². The maximum atomic E-state index is 11.9. The average Bonchev–Trinajstić information content (AvgIpc) is 2.35. The Bertz CT molecular complexity index is 669. The van der Waals surface area contributed by atoms with E-state index in [9.17, 15) is 9.59 Å². The number of aromatic nitrogens is 1.